The molecule has 2 bridgehead atoms. The smallest absolute Gasteiger partial charge is 0.0629 e. The van der Waals surface area contributed by atoms with E-state index in [1.165, 1.54) is 12.8 Å². The molecule has 3 fully saturated rings. The Morgan fingerprint density at radius 1 is 0.733 bits per heavy atom. The monoisotopic (exact) mass is 204 g/mol. The number of hydrogen-bond acceptors (Lipinski definition) is 0. The molecule has 0 aromatic carbocycles. The molecule has 0 amide bonds. The molecule has 15 heavy (non-hydrogen) atoms. The lowest BCUT2D eigenvalue weighted by Gasteiger charge is -2.44. The minimum atomic E-state index is 1.05. The fourth-order valence-corrected chi connectivity index (χ4v) is 5.17. The molecule has 0 aromatic heterocycles. The average Bonchev–Trinajstić information content (AvgIpc) is 2.63. The van der Waals surface area contributed by atoms with Crippen LogP contribution in [0.1, 0.15) is 64.7 Å². The third-order valence-corrected chi connectivity index (χ3v) is 5.81. The maximum Gasteiger partial charge on any atom is 0.149 e. The lowest BCUT2D eigenvalue weighted by Crippen LogP contribution is -2.39. The standard InChI is InChI=1S/C14H25B/c1-11-5-2-10-14(11)15-12-6-3-7-13(15)9-4-8-12/h11-14H,2-10H2,1H3/t11-,12?,13?,14-/m0/s1. The predicted molar refractivity (Wildman–Crippen MR) is 67.7 cm³/mol. The Bertz CT molecular complexity index is 203. The van der Waals surface area contributed by atoms with Crippen LogP contribution in [0.15, 0.2) is 0 Å². The van der Waals surface area contributed by atoms with E-state index in [2.05, 4.69) is 6.92 Å². The van der Waals surface area contributed by atoms with Gasteiger partial charge in [0, 0.05) is 0 Å². The van der Waals surface area contributed by atoms with E-state index in [4.69, 9.17) is 0 Å². The van der Waals surface area contributed by atoms with Crippen molar-refractivity contribution in [3.05, 3.63) is 0 Å². The fraction of sp³-hybridized carbons (Fsp3) is 1.00. The van der Waals surface area contributed by atoms with Crippen LogP contribution in [0.3, 0.4) is 0 Å². The summed E-state index contributed by atoms with van der Waals surface area (Å²) in [5, 5.41) is 0. The van der Waals surface area contributed by atoms with Crippen LogP contribution < -0.4 is 0 Å². The molecule has 0 radical (unpaired) electrons. The van der Waals surface area contributed by atoms with Gasteiger partial charge in [0.1, 0.15) is 6.71 Å². The molecule has 0 aromatic rings. The summed E-state index contributed by atoms with van der Waals surface area (Å²) < 4.78 is 0. The molecule has 0 N–H and O–H groups in total. The first-order valence-corrected chi connectivity index (χ1v) is 7.36. The Morgan fingerprint density at radius 2 is 1.27 bits per heavy atom. The van der Waals surface area contributed by atoms with Gasteiger partial charge in [-0.1, -0.05) is 82.2 Å². The van der Waals surface area contributed by atoms with Gasteiger partial charge in [-0.05, 0) is 5.92 Å². The van der Waals surface area contributed by atoms with Gasteiger partial charge in [0.2, 0.25) is 0 Å². The van der Waals surface area contributed by atoms with Crippen LogP contribution in [0.2, 0.25) is 17.5 Å². The predicted octanol–water partition coefficient (Wildman–Crippen LogP) is 4.78. The van der Waals surface area contributed by atoms with Crippen LogP contribution in [0, 0.1) is 5.92 Å². The van der Waals surface area contributed by atoms with Gasteiger partial charge < -0.3 is 0 Å². The summed E-state index contributed by atoms with van der Waals surface area (Å²) >= 11 is 0. The summed E-state index contributed by atoms with van der Waals surface area (Å²) in [7, 11) is 0. The zero-order valence-electron chi connectivity index (χ0n) is 10.3. The second kappa shape index (κ2) is 4.15. The highest BCUT2D eigenvalue weighted by atomic mass is 14.3. The van der Waals surface area contributed by atoms with E-state index >= 15 is 0 Å². The average molecular weight is 204 g/mol. The summed E-state index contributed by atoms with van der Waals surface area (Å²) in [6.45, 7) is 3.69. The Morgan fingerprint density at radius 3 is 1.73 bits per heavy atom. The molecule has 2 saturated heterocycles. The van der Waals surface area contributed by atoms with Gasteiger partial charge in [-0.3, -0.25) is 0 Å². The summed E-state index contributed by atoms with van der Waals surface area (Å²) in [5.74, 6) is 4.46. The molecule has 3 aliphatic rings. The number of fused-ring (bicyclic) bond motifs is 2. The van der Waals surface area contributed by atoms with Crippen molar-refractivity contribution in [3.63, 3.8) is 0 Å². The van der Waals surface area contributed by atoms with Crippen molar-refractivity contribution in [2.75, 3.05) is 0 Å². The van der Waals surface area contributed by atoms with Crippen molar-refractivity contribution >= 4 is 6.71 Å². The van der Waals surface area contributed by atoms with Crippen LogP contribution in [0.5, 0.6) is 0 Å². The van der Waals surface area contributed by atoms with E-state index in [-0.39, 0.29) is 0 Å². The van der Waals surface area contributed by atoms with Gasteiger partial charge in [0.25, 0.3) is 0 Å². The summed E-state index contributed by atoms with van der Waals surface area (Å²) in [6.07, 6.45) is 14.0. The largest absolute Gasteiger partial charge is 0.149 e. The van der Waals surface area contributed by atoms with Crippen molar-refractivity contribution in [1.82, 2.24) is 0 Å². The Labute approximate surface area is 95.3 Å². The minimum Gasteiger partial charge on any atom is -0.0629 e. The molecule has 2 heterocycles. The Hall–Kier alpha value is 0.0649. The third-order valence-electron chi connectivity index (χ3n) is 5.81. The van der Waals surface area contributed by atoms with Gasteiger partial charge in [-0.25, -0.2) is 0 Å². The molecule has 0 nitrogen and oxygen atoms in total. The van der Waals surface area contributed by atoms with Crippen molar-refractivity contribution < 1.29 is 0 Å². The Kier molecular flexibility index (Phi) is 2.83. The van der Waals surface area contributed by atoms with E-state index < -0.39 is 0 Å². The van der Waals surface area contributed by atoms with Gasteiger partial charge >= 0.3 is 0 Å². The van der Waals surface area contributed by atoms with Gasteiger partial charge in [0.15, 0.2) is 0 Å². The van der Waals surface area contributed by atoms with Gasteiger partial charge in [0.05, 0.1) is 0 Å². The topological polar surface area (TPSA) is 0 Å². The summed E-state index contributed by atoms with van der Waals surface area (Å²) in [5.41, 5.74) is 0. The van der Waals surface area contributed by atoms with Crippen LogP contribution in [-0.4, -0.2) is 6.71 Å². The Balaban J connectivity index is 1.77. The minimum absolute atomic E-state index is 1.05. The molecular weight excluding hydrogens is 179 g/mol. The van der Waals surface area contributed by atoms with E-state index in [1.54, 1.807) is 44.9 Å². The van der Waals surface area contributed by atoms with Crippen LogP contribution in [-0.2, 0) is 0 Å². The summed E-state index contributed by atoms with van der Waals surface area (Å²) in [6, 6.07) is 0. The SMILES string of the molecule is C[C@H]1CCC[C@@H]1B1C2CCCC1CCC2. The van der Waals surface area contributed by atoms with Gasteiger partial charge in [-0.2, -0.15) is 0 Å². The third kappa shape index (κ3) is 1.76. The lowest BCUT2D eigenvalue weighted by molar-refractivity contribution is 0.424. The zero-order valence-corrected chi connectivity index (χ0v) is 10.3. The van der Waals surface area contributed by atoms with Crippen molar-refractivity contribution in [3.8, 4) is 0 Å². The van der Waals surface area contributed by atoms with E-state index in [9.17, 15) is 0 Å². The zero-order chi connectivity index (χ0) is 10.3. The highest BCUT2D eigenvalue weighted by molar-refractivity contribution is 6.64. The second-order valence-electron chi connectivity index (χ2n) is 6.53. The lowest BCUT2D eigenvalue weighted by atomic mass is 9.21. The molecule has 0 unspecified atom stereocenters. The maximum atomic E-state index is 2.53. The fourth-order valence-electron chi connectivity index (χ4n) is 5.17. The maximum absolute atomic E-state index is 2.53. The number of hydrogen-bond donors (Lipinski definition) is 0. The molecule has 2 aliphatic heterocycles. The first-order valence-electron chi connectivity index (χ1n) is 7.36. The highest BCUT2D eigenvalue weighted by Crippen LogP contribution is 2.55. The van der Waals surface area contributed by atoms with Crippen LogP contribution in [0.25, 0.3) is 0 Å². The molecule has 84 valence electrons. The second-order valence-corrected chi connectivity index (χ2v) is 6.53. The molecule has 0 spiro atoms. The van der Waals surface area contributed by atoms with Crippen molar-refractivity contribution in [2.24, 2.45) is 5.92 Å². The number of rotatable bonds is 1. The van der Waals surface area contributed by atoms with Crippen LogP contribution in [0.4, 0.5) is 0 Å². The van der Waals surface area contributed by atoms with E-state index in [0.717, 1.165) is 30.1 Å². The highest BCUT2D eigenvalue weighted by Gasteiger charge is 2.45. The van der Waals surface area contributed by atoms with E-state index in [1.807, 2.05) is 0 Å². The molecule has 1 heteroatoms. The first kappa shape index (κ1) is 10.2. The summed E-state index contributed by atoms with van der Waals surface area (Å²) in [4.78, 5) is 0. The van der Waals surface area contributed by atoms with E-state index in [0.29, 0.717) is 0 Å². The normalized spacial score (nSPS) is 45.8. The quantitative estimate of drug-likeness (QED) is 0.539. The molecular formula is C14H25B. The van der Waals surface area contributed by atoms with Gasteiger partial charge in [-0.15, -0.1) is 0 Å². The van der Waals surface area contributed by atoms with Crippen molar-refractivity contribution in [2.45, 2.75) is 82.2 Å². The molecule has 3 rings (SSSR count). The molecule has 1 saturated carbocycles. The van der Waals surface area contributed by atoms with Crippen LogP contribution >= 0.6 is 0 Å². The molecule has 2 atom stereocenters. The van der Waals surface area contributed by atoms with Crippen molar-refractivity contribution in [1.29, 1.82) is 0 Å². The first-order chi connectivity index (χ1) is 7.36. The molecule has 1 aliphatic carbocycles.